The van der Waals surface area contributed by atoms with Gasteiger partial charge in [-0.25, -0.2) is 4.98 Å². The first-order chi connectivity index (χ1) is 19.1. The third-order valence-corrected chi connectivity index (χ3v) is 8.13. The number of hydrogen-bond donors (Lipinski definition) is 1. The van der Waals surface area contributed by atoms with Crippen LogP contribution in [0.4, 0.5) is 23.1 Å². The summed E-state index contributed by atoms with van der Waals surface area (Å²) < 4.78 is 11.6. The van der Waals surface area contributed by atoms with E-state index in [9.17, 15) is 4.79 Å². The summed E-state index contributed by atoms with van der Waals surface area (Å²) in [6.45, 7) is 4.88. The number of anilines is 4. The predicted molar refractivity (Wildman–Crippen MR) is 148 cm³/mol. The van der Waals surface area contributed by atoms with Gasteiger partial charge in [0.05, 0.1) is 25.5 Å². The van der Waals surface area contributed by atoms with Crippen molar-refractivity contribution in [3.8, 4) is 17.2 Å². The Morgan fingerprint density at radius 2 is 1.92 bits per heavy atom. The van der Waals surface area contributed by atoms with Crippen LogP contribution in [0, 0.1) is 0 Å². The third kappa shape index (κ3) is 4.91. The molecule has 1 saturated carbocycles. The minimum Gasteiger partial charge on any atom is -0.495 e. The standard InChI is InChI=1S/C28H36N8O3/c1-4-21-27(37)34(2)22-16-29-28(31-25(22)36(21)19-9-5-6-10-19)30-20-12-11-18(15-23(20)38-3)26-33-32-24(39-26)17-35-13-7-8-14-35/h11-12,15-16,19,21H,4-10,13-14,17H2,1-3H3,(H,29,30,31)/t21-/m1/s1. The molecule has 2 aromatic heterocycles. The highest BCUT2D eigenvalue weighted by atomic mass is 16.5. The molecule has 4 heterocycles. The van der Waals surface area contributed by atoms with Crippen LogP contribution in [0.5, 0.6) is 5.75 Å². The van der Waals surface area contributed by atoms with E-state index in [0.717, 1.165) is 55.1 Å². The van der Waals surface area contributed by atoms with Crippen molar-refractivity contribution in [2.75, 3.05) is 42.4 Å². The average Bonchev–Trinajstić information content (AvgIpc) is 3.75. The first kappa shape index (κ1) is 25.5. The van der Waals surface area contributed by atoms with Gasteiger partial charge in [0.15, 0.2) is 5.82 Å². The lowest BCUT2D eigenvalue weighted by molar-refractivity contribution is -0.120. The van der Waals surface area contributed by atoms with Crippen molar-refractivity contribution in [2.24, 2.45) is 0 Å². The highest BCUT2D eigenvalue weighted by Gasteiger charge is 2.41. The molecule has 1 aliphatic carbocycles. The Morgan fingerprint density at radius 1 is 1.13 bits per heavy atom. The van der Waals surface area contributed by atoms with Crippen LogP contribution in [-0.2, 0) is 11.3 Å². The zero-order chi connectivity index (χ0) is 26.9. The molecular formula is C28H36N8O3. The van der Waals surface area contributed by atoms with Crippen LogP contribution in [0.25, 0.3) is 11.5 Å². The summed E-state index contributed by atoms with van der Waals surface area (Å²) in [5, 5.41) is 11.8. The Morgan fingerprint density at radius 3 is 2.67 bits per heavy atom. The van der Waals surface area contributed by atoms with Crippen LogP contribution in [0.3, 0.4) is 0 Å². The largest absolute Gasteiger partial charge is 0.495 e. The second kappa shape index (κ2) is 10.8. The molecule has 3 aliphatic rings. The molecule has 11 heteroatoms. The van der Waals surface area contributed by atoms with E-state index in [0.29, 0.717) is 36.1 Å². The molecule has 1 N–H and O–H groups in total. The highest BCUT2D eigenvalue weighted by molar-refractivity contribution is 6.04. The number of nitrogens with zero attached hydrogens (tertiary/aromatic N) is 7. The van der Waals surface area contributed by atoms with Gasteiger partial charge in [-0.05, 0) is 63.4 Å². The normalized spacial score (nSPS) is 20.1. The van der Waals surface area contributed by atoms with Gasteiger partial charge in [-0.3, -0.25) is 9.69 Å². The van der Waals surface area contributed by atoms with Crippen LogP contribution in [0.2, 0.25) is 0 Å². The molecule has 1 saturated heterocycles. The van der Waals surface area contributed by atoms with E-state index in [1.165, 1.54) is 25.7 Å². The topological polar surface area (TPSA) is 113 Å². The van der Waals surface area contributed by atoms with Crippen LogP contribution in [-0.4, -0.2) is 70.3 Å². The molecule has 6 rings (SSSR count). The van der Waals surface area contributed by atoms with Gasteiger partial charge in [0.2, 0.25) is 23.6 Å². The number of ether oxygens (including phenoxy) is 1. The van der Waals surface area contributed by atoms with Crippen molar-refractivity contribution in [1.82, 2.24) is 25.1 Å². The Balaban J connectivity index is 1.26. The number of likely N-dealkylation sites (N-methyl/N-ethyl adjacent to an activating group) is 1. The lowest BCUT2D eigenvalue weighted by Crippen LogP contribution is -2.55. The number of benzene rings is 1. The first-order valence-corrected chi connectivity index (χ1v) is 14.0. The second-order valence-electron chi connectivity index (χ2n) is 10.6. The SMILES string of the molecule is CC[C@@H]1C(=O)N(C)c2cnc(Nc3ccc(-c4nnc(CN5CCCC5)o4)cc3OC)nc2N1C1CCCC1. The van der Waals surface area contributed by atoms with Crippen molar-refractivity contribution in [3.63, 3.8) is 0 Å². The molecule has 1 amide bonds. The smallest absolute Gasteiger partial charge is 0.249 e. The minimum absolute atomic E-state index is 0.100. The van der Waals surface area contributed by atoms with Gasteiger partial charge < -0.3 is 24.3 Å². The molecule has 0 bridgehead atoms. The fourth-order valence-corrected chi connectivity index (χ4v) is 6.06. The number of hydrogen-bond acceptors (Lipinski definition) is 10. The molecule has 2 fully saturated rings. The molecule has 39 heavy (non-hydrogen) atoms. The summed E-state index contributed by atoms with van der Waals surface area (Å²) >= 11 is 0. The summed E-state index contributed by atoms with van der Waals surface area (Å²) in [6, 6.07) is 5.79. The summed E-state index contributed by atoms with van der Waals surface area (Å²) in [7, 11) is 3.43. The van der Waals surface area contributed by atoms with E-state index in [2.05, 4.69) is 37.2 Å². The van der Waals surface area contributed by atoms with Crippen LogP contribution < -0.4 is 19.9 Å². The summed E-state index contributed by atoms with van der Waals surface area (Å²) in [6.07, 6.45) is 9.40. The van der Waals surface area contributed by atoms with Crippen molar-refractivity contribution in [1.29, 1.82) is 0 Å². The van der Waals surface area contributed by atoms with Gasteiger partial charge in [0.1, 0.15) is 17.5 Å². The zero-order valence-corrected chi connectivity index (χ0v) is 22.9. The Hall–Kier alpha value is -3.73. The maximum absolute atomic E-state index is 13.2. The lowest BCUT2D eigenvalue weighted by atomic mass is 10.0. The highest BCUT2D eigenvalue weighted by Crippen LogP contribution is 2.40. The monoisotopic (exact) mass is 532 g/mol. The van der Waals surface area contributed by atoms with Crippen molar-refractivity contribution >= 4 is 29.0 Å². The molecule has 3 aromatic rings. The lowest BCUT2D eigenvalue weighted by Gasteiger charge is -2.43. The van der Waals surface area contributed by atoms with Crippen molar-refractivity contribution in [2.45, 2.75) is 70.5 Å². The van der Waals surface area contributed by atoms with Gasteiger partial charge in [0.25, 0.3) is 0 Å². The van der Waals surface area contributed by atoms with Gasteiger partial charge in [0, 0.05) is 18.7 Å². The molecular weight excluding hydrogens is 496 g/mol. The van der Waals surface area contributed by atoms with E-state index < -0.39 is 0 Å². The second-order valence-corrected chi connectivity index (χ2v) is 10.6. The number of fused-ring (bicyclic) bond motifs is 1. The molecule has 0 spiro atoms. The van der Waals surface area contributed by atoms with Crippen molar-refractivity contribution in [3.05, 3.63) is 30.3 Å². The maximum Gasteiger partial charge on any atom is 0.249 e. The van der Waals surface area contributed by atoms with Crippen LogP contribution in [0.1, 0.15) is 57.8 Å². The van der Waals surface area contributed by atoms with E-state index in [1.54, 1.807) is 18.2 Å². The van der Waals surface area contributed by atoms with E-state index >= 15 is 0 Å². The predicted octanol–water partition coefficient (Wildman–Crippen LogP) is 4.38. The molecule has 206 valence electrons. The van der Waals surface area contributed by atoms with Gasteiger partial charge in [-0.1, -0.05) is 19.8 Å². The van der Waals surface area contributed by atoms with E-state index in [-0.39, 0.29) is 11.9 Å². The van der Waals surface area contributed by atoms with Gasteiger partial charge in [-0.15, -0.1) is 10.2 Å². The van der Waals surface area contributed by atoms with Crippen LogP contribution >= 0.6 is 0 Å². The molecule has 11 nitrogen and oxygen atoms in total. The van der Waals surface area contributed by atoms with Gasteiger partial charge >= 0.3 is 0 Å². The molecule has 2 aliphatic heterocycles. The summed E-state index contributed by atoms with van der Waals surface area (Å²) in [4.78, 5) is 28.9. The first-order valence-electron chi connectivity index (χ1n) is 14.0. The quantitative estimate of drug-likeness (QED) is 0.448. The number of likely N-dealkylation sites (tertiary alicyclic amines) is 1. The molecule has 0 unspecified atom stereocenters. The minimum atomic E-state index is -0.216. The van der Waals surface area contributed by atoms with Crippen LogP contribution in [0.15, 0.2) is 28.8 Å². The number of amides is 1. The number of nitrogens with one attached hydrogen (secondary N) is 1. The average molecular weight is 533 g/mol. The fraction of sp³-hybridized carbons (Fsp3) is 0.536. The van der Waals surface area contributed by atoms with E-state index in [1.807, 2.05) is 25.2 Å². The molecule has 0 radical (unpaired) electrons. The number of carbonyl (C=O) groups is 1. The number of rotatable bonds is 8. The Bertz CT molecular complexity index is 1330. The van der Waals surface area contributed by atoms with Gasteiger partial charge in [-0.2, -0.15) is 4.98 Å². The van der Waals surface area contributed by atoms with E-state index in [4.69, 9.17) is 14.1 Å². The maximum atomic E-state index is 13.2. The Labute approximate surface area is 228 Å². The summed E-state index contributed by atoms with van der Waals surface area (Å²) in [5.41, 5.74) is 2.24. The zero-order valence-electron chi connectivity index (χ0n) is 22.9. The molecule has 1 aromatic carbocycles. The molecule has 1 atom stereocenters. The summed E-state index contributed by atoms with van der Waals surface area (Å²) in [5.74, 6) is 3.05. The number of methoxy groups -OCH3 is 1. The Kier molecular flexibility index (Phi) is 7.07. The number of carbonyl (C=O) groups excluding carboxylic acids is 1. The number of aromatic nitrogens is 4. The third-order valence-electron chi connectivity index (χ3n) is 8.13. The fourth-order valence-electron chi connectivity index (χ4n) is 6.06. The van der Waals surface area contributed by atoms with Crippen molar-refractivity contribution < 1.29 is 13.9 Å².